The lowest BCUT2D eigenvalue weighted by atomic mass is 10.2. The zero-order chi connectivity index (χ0) is 23.1. The van der Waals surface area contributed by atoms with Crippen molar-refractivity contribution in [2.75, 3.05) is 20.3 Å². The molecule has 0 heterocycles. The average molecular weight is 413 g/mol. The van der Waals surface area contributed by atoms with Crippen LogP contribution in [0.25, 0.3) is 0 Å². The molecule has 0 fully saturated rings. The monoisotopic (exact) mass is 412 g/mol. The van der Waals surface area contributed by atoms with Crippen LogP contribution in [0.1, 0.15) is 72.6 Å². The molecule has 0 aliphatic rings. The summed E-state index contributed by atoms with van der Waals surface area (Å²) in [6.07, 6.45) is 8.36. The number of esters is 3. The molecule has 0 saturated carbocycles. The Hall–Kier alpha value is -2.37. The van der Waals surface area contributed by atoms with Crippen LogP contribution < -0.4 is 0 Å². The largest absolute Gasteiger partial charge is 0.466 e. The van der Waals surface area contributed by atoms with E-state index in [1.54, 1.807) is 6.92 Å². The number of ether oxygens (including phenoxy) is 3. The predicted molar refractivity (Wildman–Crippen MR) is 117 cm³/mol. The first-order valence-corrected chi connectivity index (χ1v) is 10.1. The normalized spacial score (nSPS) is 8.86. The molecule has 0 saturated heterocycles. The molecule has 0 aliphatic carbocycles. The van der Waals surface area contributed by atoms with E-state index in [0.717, 1.165) is 25.7 Å². The summed E-state index contributed by atoms with van der Waals surface area (Å²) in [4.78, 5) is 31.6. The van der Waals surface area contributed by atoms with Crippen LogP contribution in [0.2, 0.25) is 0 Å². The molecule has 0 aromatic heterocycles. The van der Waals surface area contributed by atoms with Crippen LogP contribution in [-0.4, -0.2) is 38.2 Å². The molecule has 0 N–H and O–H groups in total. The maximum Gasteiger partial charge on any atom is 0.333 e. The van der Waals surface area contributed by atoms with E-state index >= 15 is 0 Å². The van der Waals surface area contributed by atoms with Gasteiger partial charge in [0.15, 0.2) is 0 Å². The lowest BCUT2D eigenvalue weighted by Gasteiger charge is -2.04. The van der Waals surface area contributed by atoms with Gasteiger partial charge in [0.1, 0.15) is 0 Å². The first-order chi connectivity index (χ1) is 13.7. The maximum absolute atomic E-state index is 11.1. The molecular weight excluding hydrogens is 372 g/mol. The molecule has 0 aromatic carbocycles. The van der Waals surface area contributed by atoms with Crippen LogP contribution in [0.5, 0.6) is 0 Å². The number of rotatable bonds is 12. The number of hydrogen-bond acceptors (Lipinski definition) is 6. The predicted octanol–water partition coefficient (Wildman–Crippen LogP) is 5.33. The van der Waals surface area contributed by atoms with Gasteiger partial charge in [0.2, 0.25) is 0 Å². The molecule has 29 heavy (non-hydrogen) atoms. The Morgan fingerprint density at radius 3 is 1.76 bits per heavy atom. The van der Waals surface area contributed by atoms with Crippen LogP contribution in [0.3, 0.4) is 0 Å². The van der Waals surface area contributed by atoms with Crippen molar-refractivity contribution in [3.8, 4) is 0 Å². The molecule has 0 bridgehead atoms. The van der Waals surface area contributed by atoms with Crippen molar-refractivity contribution in [1.29, 1.82) is 0 Å². The number of hydrogen-bond donors (Lipinski definition) is 0. The van der Waals surface area contributed by atoms with Gasteiger partial charge in [-0.3, -0.25) is 0 Å². The SMILES string of the molecule is C=C(C)C(=O)OC.C=C(CC)C(=O)OCCCCCC.C=CC(=O)OCCCC. The van der Waals surface area contributed by atoms with E-state index in [-0.39, 0.29) is 17.9 Å². The Bertz CT molecular complexity index is 494. The quantitative estimate of drug-likeness (QED) is 0.187. The number of carbonyl (C=O) groups excluding carboxylic acids is 3. The van der Waals surface area contributed by atoms with Crippen LogP contribution >= 0.6 is 0 Å². The van der Waals surface area contributed by atoms with Gasteiger partial charge < -0.3 is 14.2 Å². The molecule has 0 atom stereocenters. The second-order valence-corrected chi connectivity index (χ2v) is 6.15. The van der Waals surface area contributed by atoms with Crippen molar-refractivity contribution in [2.45, 2.75) is 72.6 Å². The summed E-state index contributed by atoms with van der Waals surface area (Å²) in [7, 11) is 1.33. The highest BCUT2D eigenvalue weighted by Crippen LogP contribution is 2.03. The second-order valence-electron chi connectivity index (χ2n) is 6.15. The van der Waals surface area contributed by atoms with Gasteiger partial charge in [-0.15, -0.1) is 0 Å². The standard InChI is InChI=1S/C11H20O2.C7H12O2.C5H8O2/c1-4-6-7-8-9-13-11(12)10(3)5-2;1-3-5-6-9-7(8)4-2;1-4(2)5(6)7-3/h3-9H2,1-2H3;4H,2-3,5-6H2,1H3;1H2,2-3H3. The van der Waals surface area contributed by atoms with E-state index in [0.29, 0.717) is 30.8 Å². The second kappa shape index (κ2) is 23.7. The Morgan fingerprint density at radius 2 is 1.38 bits per heavy atom. The first-order valence-electron chi connectivity index (χ1n) is 10.1. The summed E-state index contributed by atoms with van der Waals surface area (Å²) in [6.45, 7) is 19.0. The van der Waals surface area contributed by atoms with Gasteiger partial charge in [-0.2, -0.15) is 0 Å². The van der Waals surface area contributed by atoms with Gasteiger partial charge in [0, 0.05) is 17.2 Å². The molecular formula is C23H40O6. The topological polar surface area (TPSA) is 78.9 Å². The summed E-state index contributed by atoms with van der Waals surface area (Å²) in [6, 6.07) is 0. The molecule has 0 amide bonds. The minimum atomic E-state index is -0.347. The minimum absolute atomic E-state index is 0.237. The third-order valence-electron chi connectivity index (χ3n) is 3.39. The van der Waals surface area contributed by atoms with Gasteiger partial charge in [0.25, 0.3) is 0 Å². The van der Waals surface area contributed by atoms with Crippen molar-refractivity contribution >= 4 is 17.9 Å². The lowest BCUT2D eigenvalue weighted by molar-refractivity contribution is -0.139. The van der Waals surface area contributed by atoms with E-state index in [9.17, 15) is 14.4 Å². The van der Waals surface area contributed by atoms with Gasteiger partial charge in [-0.05, 0) is 26.2 Å². The van der Waals surface area contributed by atoms with Crippen molar-refractivity contribution in [1.82, 2.24) is 0 Å². The fourth-order valence-electron chi connectivity index (χ4n) is 1.49. The molecule has 0 unspecified atom stereocenters. The molecule has 0 aliphatic heterocycles. The fourth-order valence-corrected chi connectivity index (χ4v) is 1.49. The van der Waals surface area contributed by atoms with E-state index in [2.05, 4.69) is 36.1 Å². The van der Waals surface area contributed by atoms with Crippen LogP contribution in [0.15, 0.2) is 37.0 Å². The lowest BCUT2D eigenvalue weighted by Crippen LogP contribution is -2.07. The van der Waals surface area contributed by atoms with Crippen molar-refractivity contribution in [2.24, 2.45) is 0 Å². The summed E-state index contributed by atoms with van der Waals surface area (Å²) >= 11 is 0. The van der Waals surface area contributed by atoms with Crippen LogP contribution in [0, 0.1) is 0 Å². The van der Waals surface area contributed by atoms with E-state index in [4.69, 9.17) is 4.74 Å². The Labute approximate surface area is 177 Å². The average Bonchev–Trinajstić information content (AvgIpc) is 2.72. The van der Waals surface area contributed by atoms with Gasteiger partial charge in [-0.1, -0.05) is 66.2 Å². The molecule has 6 nitrogen and oxygen atoms in total. The number of methoxy groups -OCH3 is 1. The Kier molecular flexibility index (Phi) is 25.6. The highest BCUT2D eigenvalue weighted by atomic mass is 16.5. The first kappa shape index (κ1) is 31.3. The van der Waals surface area contributed by atoms with Gasteiger partial charge in [0.05, 0.1) is 20.3 Å². The minimum Gasteiger partial charge on any atom is -0.466 e. The third kappa shape index (κ3) is 25.6. The van der Waals surface area contributed by atoms with E-state index in [1.807, 2.05) is 13.8 Å². The van der Waals surface area contributed by atoms with Crippen molar-refractivity contribution in [3.05, 3.63) is 37.0 Å². The third-order valence-corrected chi connectivity index (χ3v) is 3.39. The summed E-state index contributed by atoms with van der Waals surface area (Å²) in [5.74, 6) is -0.914. The fraction of sp³-hybridized carbons (Fsp3) is 0.609. The zero-order valence-corrected chi connectivity index (χ0v) is 19.0. The molecule has 6 heteroatoms. The molecule has 0 aromatic rings. The van der Waals surface area contributed by atoms with Crippen molar-refractivity contribution in [3.63, 3.8) is 0 Å². The van der Waals surface area contributed by atoms with E-state index < -0.39 is 0 Å². The molecule has 168 valence electrons. The Morgan fingerprint density at radius 1 is 0.828 bits per heavy atom. The van der Waals surface area contributed by atoms with Gasteiger partial charge in [-0.25, -0.2) is 14.4 Å². The number of unbranched alkanes of at least 4 members (excludes halogenated alkanes) is 4. The molecule has 0 spiro atoms. The molecule has 0 radical (unpaired) electrons. The van der Waals surface area contributed by atoms with Gasteiger partial charge >= 0.3 is 17.9 Å². The van der Waals surface area contributed by atoms with E-state index in [1.165, 1.54) is 26.0 Å². The Balaban J connectivity index is -0.000000370. The summed E-state index contributed by atoms with van der Waals surface area (Å²) in [5, 5.41) is 0. The highest BCUT2D eigenvalue weighted by molar-refractivity contribution is 5.87. The summed E-state index contributed by atoms with van der Waals surface area (Å²) < 4.78 is 14.0. The van der Waals surface area contributed by atoms with Crippen molar-refractivity contribution < 1.29 is 28.6 Å². The summed E-state index contributed by atoms with van der Waals surface area (Å²) in [5.41, 5.74) is 0.998. The highest BCUT2D eigenvalue weighted by Gasteiger charge is 2.04. The van der Waals surface area contributed by atoms with Crippen LogP contribution in [0.4, 0.5) is 0 Å². The van der Waals surface area contributed by atoms with Crippen LogP contribution in [-0.2, 0) is 28.6 Å². The number of carbonyl (C=O) groups is 3. The zero-order valence-electron chi connectivity index (χ0n) is 19.0. The molecule has 0 rings (SSSR count). The smallest absolute Gasteiger partial charge is 0.333 e. The maximum atomic E-state index is 11.1.